The minimum absolute atomic E-state index is 0.0552. The van der Waals surface area contributed by atoms with E-state index < -0.39 is 0 Å². The summed E-state index contributed by atoms with van der Waals surface area (Å²) in [5.41, 5.74) is 3.28. The molecule has 0 saturated carbocycles. The molecule has 1 aliphatic heterocycles. The molecule has 0 saturated heterocycles. The average molecular weight is 359 g/mol. The van der Waals surface area contributed by atoms with Gasteiger partial charge in [0, 0.05) is 40.2 Å². The largest absolute Gasteiger partial charge is 0.357 e. The van der Waals surface area contributed by atoms with Gasteiger partial charge in [-0.15, -0.1) is 11.3 Å². The Morgan fingerprint density at radius 3 is 2.58 bits per heavy atom. The van der Waals surface area contributed by atoms with Crippen molar-refractivity contribution in [2.24, 2.45) is 0 Å². The maximum Gasteiger partial charge on any atom is 0.263 e. The molecule has 5 nitrogen and oxygen atoms in total. The highest BCUT2D eigenvalue weighted by atomic mass is 32.1. The summed E-state index contributed by atoms with van der Waals surface area (Å²) < 4.78 is 1.67. The van der Waals surface area contributed by atoms with E-state index in [1.54, 1.807) is 16.8 Å². The fourth-order valence-corrected chi connectivity index (χ4v) is 4.04. The highest BCUT2D eigenvalue weighted by molar-refractivity contribution is 7.13. The maximum absolute atomic E-state index is 13.2. The first-order chi connectivity index (χ1) is 12.8. The molecule has 0 bridgehead atoms. The molecule has 0 unspecified atom stereocenters. The van der Waals surface area contributed by atoms with Crippen LogP contribution < -0.4 is 10.7 Å². The number of para-hydroxylation sites is 1. The molecule has 2 aromatic carbocycles. The second-order valence-electron chi connectivity index (χ2n) is 6.05. The quantitative estimate of drug-likeness (QED) is 0.533. The van der Waals surface area contributed by atoms with Gasteiger partial charge in [-0.25, -0.2) is 4.98 Å². The summed E-state index contributed by atoms with van der Waals surface area (Å²) in [5.74, 6) is -0.0951. The summed E-state index contributed by atoms with van der Waals surface area (Å²) in [4.78, 5) is 30.4. The van der Waals surface area contributed by atoms with E-state index in [4.69, 9.17) is 0 Å². The van der Waals surface area contributed by atoms with E-state index in [0.29, 0.717) is 34.3 Å². The Balaban J connectivity index is 1.81. The molecule has 1 N–H and O–H groups in total. The van der Waals surface area contributed by atoms with Gasteiger partial charge < -0.3 is 5.32 Å². The van der Waals surface area contributed by atoms with Crippen molar-refractivity contribution >= 4 is 33.3 Å². The van der Waals surface area contributed by atoms with Crippen molar-refractivity contribution in [3.8, 4) is 11.3 Å². The first-order valence-corrected chi connectivity index (χ1v) is 9.08. The first-order valence-electron chi connectivity index (χ1n) is 8.20. The highest BCUT2D eigenvalue weighted by Crippen LogP contribution is 2.36. The van der Waals surface area contributed by atoms with E-state index in [-0.39, 0.29) is 11.3 Å². The zero-order valence-electron chi connectivity index (χ0n) is 13.6. The lowest BCUT2D eigenvalue weighted by Crippen LogP contribution is -2.20. The van der Waals surface area contributed by atoms with Crippen LogP contribution in [-0.2, 0) is 6.54 Å². The smallest absolute Gasteiger partial charge is 0.263 e. The molecule has 3 heterocycles. The number of rotatable bonds is 3. The second-order valence-corrected chi connectivity index (χ2v) is 6.94. The van der Waals surface area contributed by atoms with Crippen LogP contribution in [0.15, 0.2) is 64.9 Å². The molecule has 5 rings (SSSR count). The minimum atomic E-state index is -0.0951. The third-order valence-corrected chi connectivity index (χ3v) is 5.37. The van der Waals surface area contributed by atoms with E-state index in [0.717, 1.165) is 10.7 Å². The van der Waals surface area contributed by atoms with E-state index >= 15 is 0 Å². The van der Waals surface area contributed by atoms with Crippen molar-refractivity contribution in [1.82, 2.24) is 9.55 Å². The molecule has 4 aromatic rings. The molecule has 0 aliphatic carbocycles. The zero-order valence-corrected chi connectivity index (χ0v) is 14.4. The number of fused-ring (bicyclic) bond motifs is 5. The average Bonchev–Trinajstić information content (AvgIpc) is 3.29. The van der Waals surface area contributed by atoms with Gasteiger partial charge in [-0.2, -0.15) is 0 Å². The van der Waals surface area contributed by atoms with Crippen LogP contribution in [0.5, 0.6) is 0 Å². The van der Waals surface area contributed by atoms with Gasteiger partial charge in [0.05, 0.1) is 11.2 Å². The molecule has 0 fully saturated rings. The summed E-state index contributed by atoms with van der Waals surface area (Å²) in [6.07, 6.45) is 1.71. The first kappa shape index (κ1) is 15.0. The van der Waals surface area contributed by atoms with E-state index in [1.807, 2.05) is 47.8 Å². The van der Waals surface area contributed by atoms with Crippen LogP contribution in [0, 0.1) is 0 Å². The van der Waals surface area contributed by atoms with E-state index in [9.17, 15) is 9.59 Å². The van der Waals surface area contributed by atoms with E-state index in [1.165, 1.54) is 11.3 Å². The van der Waals surface area contributed by atoms with Crippen molar-refractivity contribution < 1.29 is 4.79 Å². The summed E-state index contributed by atoms with van der Waals surface area (Å²) >= 11 is 1.47. The highest BCUT2D eigenvalue weighted by Gasteiger charge is 2.31. The molecule has 126 valence electrons. The molecular weight excluding hydrogens is 346 g/mol. The summed E-state index contributed by atoms with van der Waals surface area (Å²) in [7, 11) is 0. The Hall–Kier alpha value is -3.25. The number of carbonyl (C=O) groups is 1. The molecular formula is C20H13N3O2S. The lowest BCUT2D eigenvalue weighted by atomic mass is 10.0. The van der Waals surface area contributed by atoms with Crippen LogP contribution in [0.4, 0.5) is 5.13 Å². The molecule has 0 spiro atoms. The number of aromatic nitrogens is 2. The molecule has 0 amide bonds. The summed E-state index contributed by atoms with van der Waals surface area (Å²) in [6, 6.07) is 14.7. The topological polar surface area (TPSA) is 64.0 Å². The number of nitrogens with one attached hydrogen (secondary N) is 1. The second kappa shape index (κ2) is 5.64. The number of carbonyl (C=O) groups excluding carboxylic acids is 1. The normalized spacial score (nSPS) is 12.2. The predicted molar refractivity (Wildman–Crippen MR) is 103 cm³/mol. The molecule has 1 aliphatic rings. The lowest BCUT2D eigenvalue weighted by molar-refractivity contribution is 0.0973. The van der Waals surface area contributed by atoms with Gasteiger partial charge in [0.2, 0.25) is 0 Å². The standard InChI is InChI=1S/C20H13N3O2S/c24-18-14-7-3-4-8-16(14)23-17(12-5-1-2-6-13(12)19(23)25)15(18)11-22-20-21-9-10-26-20/h1-10H,11H2,(H,21,22). The number of nitrogens with zero attached hydrogens (tertiary/aromatic N) is 2. The molecule has 2 aromatic heterocycles. The van der Waals surface area contributed by atoms with Gasteiger partial charge in [-0.3, -0.25) is 14.2 Å². The van der Waals surface area contributed by atoms with Crippen molar-refractivity contribution in [2.45, 2.75) is 6.54 Å². The Kier molecular flexibility index (Phi) is 3.26. The van der Waals surface area contributed by atoms with Gasteiger partial charge in [0.1, 0.15) is 0 Å². The van der Waals surface area contributed by atoms with Crippen molar-refractivity contribution in [2.75, 3.05) is 5.32 Å². The number of hydrogen-bond acceptors (Lipinski definition) is 5. The molecule has 0 atom stereocenters. The molecule has 0 radical (unpaired) electrons. The summed E-state index contributed by atoms with van der Waals surface area (Å²) in [5, 5.41) is 6.37. The van der Waals surface area contributed by atoms with Crippen molar-refractivity contribution in [3.63, 3.8) is 0 Å². The lowest BCUT2D eigenvalue weighted by Gasteiger charge is -2.13. The zero-order chi connectivity index (χ0) is 17.7. The Bertz CT molecular complexity index is 1230. The van der Waals surface area contributed by atoms with Gasteiger partial charge in [-0.1, -0.05) is 30.3 Å². The fourth-order valence-electron chi connectivity index (χ4n) is 3.52. The van der Waals surface area contributed by atoms with Crippen molar-refractivity contribution in [1.29, 1.82) is 0 Å². The van der Waals surface area contributed by atoms with Crippen LogP contribution in [0.25, 0.3) is 22.2 Å². The van der Waals surface area contributed by atoms with Gasteiger partial charge >= 0.3 is 0 Å². The molecule has 26 heavy (non-hydrogen) atoms. The molecule has 6 heteroatoms. The van der Waals surface area contributed by atoms with Crippen molar-refractivity contribution in [3.05, 3.63) is 81.5 Å². The van der Waals surface area contributed by atoms with Gasteiger partial charge in [0.25, 0.3) is 5.91 Å². The SMILES string of the molecule is O=C1c2ccccc2-c2c(CNc3nccs3)c(=O)c3ccccc3n21. The van der Waals surface area contributed by atoms with Crippen LogP contribution in [0.1, 0.15) is 15.9 Å². The number of hydrogen-bond donors (Lipinski definition) is 1. The number of anilines is 1. The summed E-state index contributed by atoms with van der Waals surface area (Å²) in [6.45, 7) is 0.314. The predicted octanol–water partition coefficient (Wildman–Crippen LogP) is 3.74. The maximum atomic E-state index is 13.2. The monoisotopic (exact) mass is 359 g/mol. The van der Waals surface area contributed by atoms with Gasteiger partial charge in [0.15, 0.2) is 10.6 Å². The van der Waals surface area contributed by atoms with Crippen LogP contribution in [0.3, 0.4) is 0 Å². The third-order valence-electron chi connectivity index (χ3n) is 4.64. The number of benzene rings is 2. The van der Waals surface area contributed by atoms with Crippen LogP contribution in [-0.4, -0.2) is 15.5 Å². The Morgan fingerprint density at radius 1 is 1.00 bits per heavy atom. The van der Waals surface area contributed by atoms with Crippen LogP contribution in [0.2, 0.25) is 0 Å². The fraction of sp³-hybridized carbons (Fsp3) is 0.0500. The Labute approximate surface area is 152 Å². The number of pyridine rings is 1. The number of thiazole rings is 1. The minimum Gasteiger partial charge on any atom is -0.357 e. The Morgan fingerprint density at radius 2 is 1.77 bits per heavy atom. The van der Waals surface area contributed by atoms with Crippen LogP contribution >= 0.6 is 11.3 Å². The third kappa shape index (κ3) is 2.06. The van der Waals surface area contributed by atoms with Gasteiger partial charge in [-0.05, 0) is 18.2 Å². The van der Waals surface area contributed by atoms with E-state index in [2.05, 4.69) is 10.3 Å².